The van der Waals surface area contributed by atoms with Gasteiger partial charge in [-0.25, -0.2) is 0 Å². The summed E-state index contributed by atoms with van der Waals surface area (Å²) < 4.78 is 0. The highest BCUT2D eigenvalue weighted by atomic mass is 32.2. The maximum atomic E-state index is 12.4. The lowest BCUT2D eigenvalue weighted by atomic mass is 9.84. The fourth-order valence-corrected chi connectivity index (χ4v) is 3.63. The van der Waals surface area contributed by atoms with E-state index >= 15 is 0 Å². The zero-order chi connectivity index (χ0) is 15.0. The van der Waals surface area contributed by atoms with E-state index in [2.05, 4.69) is 26.1 Å². The summed E-state index contributed by atoms with van der Waals surface area (Å²) in [5, 5.41) is 3.39. The number of carbonyl (C=O) groups is 1. The number of rotatable bonds is 8. The zero-order valence-corrected chi connectivity index (χ0v) is 14.5. The second-order valence-corrected chi connectivity index (χ2v) is 7.50. The van der Waals surface area contributed by atoms with Gasteiger partial charge in [0.2, 0.25) is 5.91 Å². The van der Waals surface area contributed by atoms with E-state index in [0.29, 0.717) is 24.3 Å². The van der Waals surface area contributed by atoms with Gasteiger partial charge in [0.25, 0.3) is 0 Å². The van der Waals surface area contributed by atoms with Gasteiger partial charge in [0, 0.05) is 19.5 Å². The maximum Gasteiger partial charge on any atom is 0.222 e. The van der Waals surface area contributed by atoms with Gasteiger partial charge in [0.05, 0.1) is 0 Å². The van der Waals surface area contributed by atoms with Gasteiger partial charge < -0.3 is 10.2 Å². The third-order valence-corrected chi connectivity index (χ3v) is 5.56. The van der Waals surface area contributed by atoms with E-state index in [1.54, 1.807) is 0 Å². The molecule has 1 rings (SSSR count). The molecule has 2 unspecified atom stereocenters. The lowest BCUT2D eigenvalue weighted by molar-refractivity contribution is -0.133. The normalized spacial score (nSPS) is 19.6. The van der Waals surface area contributed by atoms with Crippen molar-refractivity contribution in [2.45, 2.75) is 52.5 Å². The Balaban J connectivity index is 2.32. The van der Waals surface area contributed by atoms with E-state index in [1.807, 2.05) is 23.7 Å². The maximum absolute atomic E-state index is 12.4. The van der Waals surface area contributed by atoms with Crippen LogP contribution in [0.5, 0.6) is 0 Å². The molecule has 0 aromatic carbocycles. The van der Waals surface area contributed by atoms with Gasteiger partial charge in [-0.05, 0) is 62.6 Å². The number of nitrogens with zero attached hydrogens (tertiary/aromatic N) is 1. The van der Waals surface area contributed by atoms with Gasteiger partial charge in [-0.3, -0.25) is 4.79 Å². The molecule has 0 saturated carbocycles. The molecule has 1 N–H and O–H groups in total. The van der Waals surface area contributed by atoms with E-state index in [-0.39, 0.29) is 0 Å². The summed E-state index contributed by atoms with van der Waals surface area (Å²) in [6.07, 6.45) is 4.26. The van der Waals surface area contributed by atoms with E-state index in [0.717, 1.165) is 36.9 Å². The molecule has 0 spiro atoms. The van der Waals surface area contributed by atoms with E-state index in [9.17, 15) is 4.79 Å². The van der Waals surface area contributed by atoms with Crippen molar-refractivity contribution in [1.82, 2.24) is 10.2 Å². The van der Waals surface area contributed by atoms with Crippen LogP contribution in [0.1, 0.15) is 46.5 Å². The number of nitrogens with one attached hydrogen (secondary N) is 1. The van der Waals surface area contributed by atoms with Crippen LogP contribution in [0.25, 0.3) is 0 Å². The Morgan fingerprint density at radius 3 is 2.60 bits per heavy atom. The molecule has 1 aliphatic heterocycles. The molecule has 1 amide bonds. The number of amides is 1. The zero-order valence-electron chi connectivity index (χ0n) is 13.7. The van der Waals surface area contributed by atoms with Crippen LogP contribution in [0.15, 0.2) is 0 Å². The van der Waals surface area contributed by atoms with Gasteiger partial charge in [0.15, 0.2) is 0 Å². The summed E-state index contributed by atoms with van der Waals surface area (Å²) in [7, 11) is 1.97. The topological polar surface area (TPSA) is 32.3 Å². The monoisotopic (exact) mass is 300 g/mol. The molecular formula is C16H32N2OS. The Morgan fingerprint density at radius 1 is 1.35 bits per heavy atom. The summed E-state index contributed by atoms with van der Waals surface area (Å²) >= 11 is 1.96. The van der Waals surface area contributed by atoms with Crippen LogP contribution in [-0.2, 0) is 4.79 Å². The first-order valence-corrected chi connectivity index (χ1v) is 9.25. The highest BCUT2D eigenvalue weighted by Gasteiger charge is 2.24. The van der Waals surface area contributed by atoms with Crippen LogP contribution in [0.2, 0.25) is 0 Å². The first-order valence-electron chi connectivity index (χ1n) is 8.10. The molecule has 0 aromatic rings. The molecule has 0 aromatic heterocycles. The average molecular weight is 301 g/mol. The molecule has 1 heterocycles. The Morgan fingerprint density at radius 2 is 2.00 bits per heavy atom. The van der Waals surface area contributed by atoms with E-state index in [4.69, 9.17) is 0 Å². The van der Waals surface area contributed by atoms with Crippen LogP contribution in [0.3, 0.4) is 0 Å². The quantitative estimate of drug-likeness (QED) is 0.699. The smallest absolute Gasteiger partial charge is 0.222 e. The van der Waals surface area contributed by atoms with Crippen molar-refractivity contribution in [3.8, 4) is 0 Å². The predicted octanol–water partition coefficient (Wildman–Crippen LogP) is 3.00. The summed E-state index contributed by atoms with van der Waals surface area (Å²) in [6.45, 7) is 8.83. The van der Waals surface area contributed by atoms with E-state index < -0.39 is 0 Å². The van der Waals surface area contributed by atoms with Crippen LogP contribution in [-0.4, -0.2) is 48.5 Å². The van der Waals surface area contributed by atoms with Crippen molar-refractivity contribution in [2.75, 3.05) is 31.6 Å². The first-order chi connectivity index (χ1) is 9.56. The minimum Gasteiger partial charge on any atom is -0.343 e. The largest absolute Gasteiger partial charge is 0.343 e. The third kappa shape index (κ3) is 6.04. The molecule has 118 valence electrons. The van der Waals surface area contributed by atoms with Crippen molar-refractivity contribution in [1.29, 1.82) is 0 Å². The molecule has 1 saturated heterocycles. The predicted molar refractivity (Wildman–Crippen MR) is 89.2 cm³/mol. The highest BCUT2D eigenvalue weighted by Crippen LogP contribution is 2.25. The Hall–Kier alpha value is -0.220. The Labute approximate surface area is 129 Å². The number of hydrogen-bond donors (Lipinski definition) is 1. The summed E-state index contributed by atoms with van der Waals surface area (Å²) in [5.41, 5.74) is 0. The number of hydrogen-bond acceptors (Lipinski definition) is 3. The molecule has 0 aliphatic carbocycles. The Kier molecular flexibility index (Phi) is 8.62. The SMILES string of the molecule is CCSCCC(C)N(C)C(=O)CC(C)C1CCNCC1. The van der Waals surface area contributed by atoms with Crippen LogP contribution >= 0.6 is 11.8 Å². The number of piperidine rings is 1. The Bertz CT molecular complexity index is 280. The molecule has 2 atom stereocenters. The average Bonchev–Trinajstić information content (AvgIpc) is 2.47. The number of carbonyl (C=O) groups excluding carboxylic acids is 1. The van der Waals surface area contributed by atoms with Crippen LogP contribution in [0.4, 0.5) is 0 Å². The fraction of sp³-hybridized carbons (Fsp3) is 0.938. The van der Waals surface area contributed by atoms with Gasteiger partial charge in [-0.1, -0.05) is 13.8 Å². The minimum absolute atomic E-state index is 0.324. The van der Waals surface area contributed by atoms with Crippen LogP contribution < -0.4 is 5.32 Å². The van der Waals surface area contributed by atoms with Gasteiger partial charge in [0.1, 0.15) is 0 Å². The second-order valence-electron chi connectivity index (χ2n) is 6.11. The molecule has 3 nitrogen and oxygen atoms in total. The number of thioether (sulfide) groups is 1. The summed E-state index contributed by atoms with van der Waals surface area (Å²) in [4.78, 5) is 14.3. The molecule has 0 radical (unpaired) electrons. The molecule has 20 heavy (non-hydrogen) atoms. The third-order valence-electron chi connectivity index (χ3n) is 4.62. The molecule has 1 fully saturated rings. The lowest BCUT2D eigenvalue weighted by Crippen LogP contribution is -2.38. The van der Waals surface area contributed by atoms with Crippen molar-refractivity contribution in [3.63, 3.8) is 0 Å². The molecule has 4 heteroatoms. The standard InChI is InChI=1S/C16H32N2OS/c1-5-20-11-8-14(3)18(4)16(19)12-13(2)15-6-9-17-10-7-15/h13-15,17H,5-12H2,1-4H3. The van der Waals surface area contributed by atoms with Gasteiger partial charge in [-0.2, -0.15) is 11.8 Å². The van der Waals surface area contributed by atoms with Crippen molar-refractivity contribution in [3.05, 3.63) is 0 Å². The van der Waals surface area contributed by atoms with Crippen molar-refractivity contribution in [2.24, 2.45) is 11.8 Å². The first kappa shape index (κ1) is 17.8. The second kappa shape index (κ2) is 9.67. The van der Waals surface area contributed by atoms with E-state index in [1.165, 1.54) is 12.8 Å². The fourth-order valence-electron chi connectivity index (χ4n) is 2.84. The van der Waals surface area contributed by atoms with Crippen molar-refractivity contribution < 1.29 is 4.79 Å². The molecular weight excluding hydrogens is 268 g/mol. The van der Waals surface area contributed by atoms with Crippen molar-refractivity contribution >= 4 is 17.7 Å². The van der Waals surface area contributed by atoms with Gasteiger partial charge in [-0.15, -0.1) is 0 Å². The molecule has 0 bridgehead atoms. The molecule has 1 aliphatic rings. The highest BCUT2D eigenvalue weighted by molar-refractivity contribution is 7.99. The van der Waals surface area contributed by atoms with Crippen LogP contribution in [0, 0.1) is 11.8 Å². The minimum atomic E-state index is 0.324. The van der Waals surface area contributed by atoms with Gasteiger partial charge >= 0.3 is 0 Å². The lowest BCUT2D eigenvalue weighted by Gasteiger charge is -2.31. The summed E-state index contributed by atoms with van der Waals surface area (Å²) in [5.74, 6) is 3.88. The summed E-state index contributed by atoms with van der Waals surface area (Å²) in [6, 6.07) is 0.363.